The van der Waals surface area contributed by atoms with Crippen LogP contribution in [0.4, 0.5) is 0 Å². The summed E-state index contributed by atoms with van der Waals surface area (Å²) in [5.41, 5.74) is 4.96. The lowest BCUT2D eigenvalue weighted by molar-refractivity contribution is -0.119. The third kappa shape index (κ3) is 4.08. The van der Waals surface area contributed by atoms with Crippen LogP contribution >= 0.6 is 0 Å². The fraction of sp³-hybridized carbons (Fsp3) is 0.909. The van der Waals surface area contributed by atoms with Crippen LogP contribution in [0.15, 0.2) is 0 Å². The number of primary amides is 1. The van der Waals surface area contributed by atoms with Crippen molar-refractivity contribution in [1.29, 1.82) is 0 Å². The van der Waals surface area contributed by atoms with Crippen LogP contribution in [-0.4, -0.2) is 53.4 Å². The van der Waals surface area contributed by atoms with Crippen molar-refractivity contribution in [3.8, 4) is 0 Å². The summed E-state index contributed by atoms with van der Waals surface area (Å²) in [4.78, 5) is 12.8. The maximum Gasteiger partial charge on any atom is 0.231 e. The van der Waals surface area contributed by atoms with Gasteiger partial charge in [0.05, 0.1) is 24.9 Å². The highest BCUT2D eigenvalue weighted by Crippen LogP contribution is 2.23. The van der Waals surface area contributed by atoms with Gasteiger partial charge in [0.25, 0.3) is 0 Å². The first-order valence-electron chi connectivity index (χ1n) is 5.63. The molecule has 0 aromatic carbocycles. The first-order chi connectivity index (χ1) is 7.31. The average Bonchev–Trinajstić information content (AvgIpc) is 2.42. The highest BCUT2D eigenvalue weighted by Gasteiger charge is 2.34. The Kier molecular flexibility index (Phi) is 4.29. The third-order valence-corrected chi connectivity index (χ3v) is 2.58. The van der Waals surface area contributed by atoms with E-state index in [1.54, 1.807) is 0 Å². The van der Waals surface area contributed by atoms with Crippen LogP contribution in [0.25, 0.3) is 0 Å². The number of aliphatic hydroxyl groups is 1. The van der Waals surface area contributed by atoms with E-state index in [1.807, 2.05) is 25.7 Å². The van der Waals surface area contributed by atoms with E-state index in [0.29, 0.717) is 6.54 Å². The number of rotatable bonds is 4. The molecule has 2 atom stereocenters. The lowest BCUT2D eigenvalue weighted by Crippen LogP contribution is -2.39. The van der Waals surface area contributed by atoms with Crippen LogP contribution in [0.2, 0.25) is 0 Å². The van der Waals surface area contributed by atoms with E-state index < -0.39 is 0 Å². The maximum absolute atomic E-state index is 10.9. The monoisotopic (exact) mass is 230 g/mol. The highest BCUT2D eigenvalue weighted by molar-refractivity contribution is 5.76. The number of aliphatic hydroxyl groups excluding tert-OH is 1. The lowest BCUT2D eigenvalue weighted by atomic mass is 10.1. The second-order valence-corrected chi connectivity index (χ2v) is 5.32. The van der Waals surface area contributed by atoms with E-state index in [0.717, 1.165) is 6.42 Å². The zero-order chi connectivity index (χ0) is 12.3. The topological polar surface area (TPSA) is 75.8 Å². The van der Waals surface area contributed by atoms with E-state index in [1.165, 1.54) is 0 Å². The van der Waals surface area contributed by atoms with E-state index in [2.05, 4.69) is 0 Å². The maximum atomic E-state index is 10.9. The van der Waals surface area contributed by atoms with Crippen molar-refractivity contribution < 1.29 is 14.6 Å². The zero-order valence-corrected chi connectivity index (χ0v) is 10.3. The quantitative estimate of drug-likeness (QED) is 0.696. The van der Waals surface area contributed by atoms with Crippen molar-refractivity contribution in [2.24, 2.45) is 5.73 Å². The second kappa shape index (κ2) is 5.12. The SMILES string of the molecule is CC(C)(C)OC1CC(CO)N(CC(N)=O)C1. The van der Waals surface area contributed by atoms with Gasteiger partial charge in [-0.1, -0.05) is 0 Å². The van der Waals surface area contributed by atoms with E-state index in [4.69, 9.17) is 10.5 Å². The van der Waals surface area contributed by atoms with Crippen LogP contribution in [0.3, 0.4) is 0 Å². The Morgan fingerprint density at radius 3 is 2.62 bits per heavy atom. The Morgan fingerprint density at radius 2 is 2.19 bits per heavy atom. The summed E-state index contributed by atoms with van der Waals surface area (Å²) < 4.78 is 5.84. The van der Waals surface area contributed by atoms with Crippen LogP contribution in [-0.2, 0) is 9.53 Å². The van der Waals surface area contributed by atoms with Gasteiger partial charge in [-0.2, -0.15) is 0 Å². The number of amides is 1. The molecule has 0 bridgehead atoms. The third-order valence-electron chi connectivity index (χ3n) is 2.58. The van der Waals surface area contributed by atoms with Gasteiger partial charge in [0.15, 0.2) is 0 Å². The van der Waals surface area contributed by atoms with Crippen molar-refractivity contribution in [3.05, 3.63) is 0 Å². The number of nitrogens with two attached hydrogens (primary N) is 1. The predicted octanol–water partition coefficient (Wildman–Crippen LogP) is -0.278. The molecule has 0 aromatic rings. The van der Waals surface area contributed by atoms with Crippen LogP contribution in [0.1, 0.15) is 27.2 Å². The molecule has 5 nitrogen and oxygen atoms in total. The fourth-order valence-corrected chi connectivity index (χ4v) is 2.11. The Labute approximate surface area is 96.6 Å². The Hall–Kier alpha value is -0.650. The van der Waals surface area contributed by atoms with Gasteiger partial charge >= 0.3 is 0 Å². The standard InChI is InChI=1S/C11H22N2O3/c1-11(2,3)16-9-4-8(7-14)13(5-9)6-10(12)15/h8-9,14H,4-7H2,1-3H3,(H2,12,15). The van der Waals surface area contributed by atoms with Gasteiger partial charge in [-0.05, 0) is 27.2 Å². The van der Waals surface area contributed by atoms with Gasteiger partial charge in [0, 0.05) is 12.6 Å². The number of nitrogens with zero attached hydrogens (tertiary/aromatic N) is 1. The number of carbonyl (C=O) groups excluding carboxylic acids is 1. The molecule has 3 N–H and O–H groups in total. The van der Waals surface area contributed by atoms with Crippen molar-refractivity contribution >= 4 is 5.91 Å². The molecule has 5 heteroatoms. The normalized spacial score (nSPS) is 27.2. The minimum Gasteiger partial charge on any atom is -0.395 e. The molecule has 1 rings (SSSR count). The van der Waals surface area contributed by atoms with Crippen LogP contribution in [0, 0.1) is 0 Å². The lowest BCUT2D eigenvalue weighted by Gasteiger charge is -2.24. The summed E-state index contributed by atoms with van der Waals surface area (Å²) in [5, 5.41) is 9.22. The van der Waals surface area contributed by atoms with E-state index in [9.17, 15) is 9.90 Å². The summed E-state index contributed by atoms with van der Waals surface area (Å²) in [6, 6.07) is -0.0140. The molecule has 94 valence electrons. The Bertz CT molecular complexity index is 250. The molecule has 1 saturated heterocycles. The zero-order valence-electron chi connectivity index (χ0n) is 10.3. The smallest absolute Gasteiger partial charge is 0.231 e. The molecule has 1 aliphatic heterocycles. The summed E-state index contributed by atoms with van der Waals surface area (Å²) in [6.45, 7) is 6.88. The Morgan fingerprint density at radius 1 is 1.56 bits per heavy atom. The summed E-state index contributed by atoms with van der Waals surface area (Å²) in [6.07, 6.45) is 0.817. The van der Waals surface area contributed by atoms with Crippen LogP contribution in [0.5, 0.6) is 0 Å². The fourth-order valence-electron chi connectivity index (χ4n) is 2.11. The van der Waals surface area contributed by atoms with Crippen molar-refractivity contribution in [1.82, 2.24) is 4.90 Å². The molecule has 1 heterocycles. The van der Waals surface area contributed by atoms with E-state index >= 15 is 0 Å². The molecule has 0 aliphatic carbocycles. The molecule has 1 amide bonds. The Balaban J connectivity index is 2.52. The molecule has 1 aliphatic rings. The van der Waals surface area contributed by atoms with Gasteiger partial charge in [-0.3, -0.25) is 9.69 Å². The predicted molar refractivity (Wildman–Crippen MR) is 60.9 cm³/mol. The molecule has 0 aromatic heterocycles. The highest BCUT2D eigenvalue weighted by atomic mass is 16.5. The number of carbonyl (C=O) groups is 1. The molecule has 16 heavy (non-hydrogen) atoms. The van der Waals surface area contributed by atoms with Gasteiger partial charge in [-0.25, -0.2) is 0 Å². The van der Waals surface area contributed by atoms with Crippen molar-refractivity contribution in [2.45, 2.75) is 44.9 Å². The number of hydrogen-bond acceptors (Lipinski definition) is 4. The van der Waals surface area contributed by atoms with Gasteiger partial charge < -0.3 is 15.6 Å². The summed E-state index contributed by atoms with van der Waals surface area (Å²) in [7, 11) is 0. The molecule has 2 unspecified atom stereocenters. The van der Waals surface area contributed by atoms with Gasteiger partial charge in [-0.15, -0.1) is 0 Å². The first kappa shape index (κ1) is 13.4. The van der Waals surface area contributed by atoms with Crippen molar-refractivity contribution in [3.63, 3.8) is 0 Å². The average molecular weight is 230 g/mol. The number of likely N-dealkylation sites (tertiary alicyclic amines) is 1. The first-order valence-corrected chi connectivity index (χ1v) is 5.63. The summed E-state index contributed by atoms with van der Waals surface area (Å²) in [5.74, 6) is -0.366. The summed E-state index contributed by atoms with van der Waals surface area (Å²) >= 11 is 0. The molecular formula is C11H22N2O3. The van der Waals surface area contributed by atoms with Gasteiger partial charge in [0.1, 0.15) is 0 Å². The molecule has 0 spiro atoms. The molecule has 0 radical (unpaired) electrons. The van der Waals surface area contributed by atoms with E-state index in [-0.39, 0.29) is 36.8 Å². The second-order valence-electron chi connectivity index (χ2n) is 5.32. The molecule has 1 fully saturated rings. The largest absolute Gasteiger partial charge is 0.395 e. The number of hydrogen-bond donors (Lipinski definition) is 2. The minimum atomic E-state index is -0.366. The van der Waals surface area contributed by atoms with Crippen molar-refractivity contribution in [2.75, 3.05) is 19.7 Å². The molecule has 0 saturated carbocycles. The van der Waals surface area contributed by atoms with Gasteiger partial charge in [0.2, 0.25) is 5.91 Å². The minimum absolute atomic E-state index is 0.0140. The molecular weight excluding hydrogens is 208 g/mol. The number of ether oxygens (including phenoxy) is 1. The van der Waals surface area contributed by atoms with Crippen LogP contribution < -0.4 is 5.73 Å².